The molecule has 4 saturated carbocycles. The first-order chi connectivity index (χ1) is 13.9. The highest BCUT2D eigenvalue weighted by molar-refractivity contribution is 6.04. The minimum Gasteiger partial charge on any atom is -0.462 e. The van der Waals surface area contributed by atoms with Crippen molar-refractivity contribution in [2.75, 3.05) is 0 Å². The van der Waals surface area contributed by atoms with Gasteiger partial charge in [-0.05, 0) is 54.9 Å². The van der Waals surface area contributed by atoms with Crippen LogP contribution >= 0.6 is 0 Å². The van der Waals surface area contributed by atoms with Gasteiger partial charge < -0.3 is 14.6 Å². The SMILES string of the molecule is C=C1C(=O)C23[C@H](O)C[C@@H]4C(C)(C)CC[C@@H](OC(C)=O)[C@@]4(C)[C@@H]2CC[C@@H]1[C@@H]3OC(C)=O. The molecule has 4 aliphatic carbocycles. The molecule has 6 heteroatoms. The summed E-state index contributed by atoms with van der Waals surface area (Å²) in [4.78, 5) is 37.7. The summed E-state index contributed by atoms with van der Waals surface area (Å²) in [6.45, 7) is 13.3. The molecule has 4 aliphatic rings. The van der Waals surface area contributed by atoms with E-state index in [0.717, 1.165) is 12.8 Å². The number of hydrogen-bond acceptors (Lipinski definition) is 6. The van der Waals surface area contributed by atoms with Gasteiger partial charge in [-0.1, -0.05) is 27.4 Å². The average molecular weight is 419 g/mol. The van der Waals surface area contributed by atoms with E-state index >= 15 is 0 Å². The fourth-order valence-electron chi connectivity index (χ4n) is 8.02. The maximum Gasteiger partial charge on any atom is 0.302 e. The minimum absolute atomic E-state index is 0.0690. The Morgan fingerprint density at radius 3 is 2.27 bits per heavy atom. The molecule has 0 aromatic carbocycles. The van der Waals surface area contributed by atoms with Gasteiger partial charge in [-0.15, -0.1) is 0 Å². The van der Waals surface area contributed by atoms with Crippen molar-refractivity contribution < 1.29 is 29.0 Å². The summed E-state index contributed by atoms with van der Waals surface area (Å²) >= 11 is 0. The van der Waals surface area contributed by atoms with Gasteiger partial charge in [0.15, 0.2) is 5.78 Å². The lowest BCUT2D eigenvalue weighted by atomic mass is 9.39. The molecule has 2 bridgehead atoms. The van der Waals surface area contributed by atoms with Gasteiger partial charge in [-0.25, -0.2) is 0 Å². The van der Waals surface area contributed by atoms with Crippen LogP contribution in [0.15, 0.2) is 12.2 Å². The van der Waals surface area contributed by atoms with Crippen molar-refractivity contribution in [2.45, 2.75) is 85.0 Å². The fraction of sp³-hybridized carbons (Fsp3) is 0.792. The van der Waals surface area contributed by atoms with Crippen molar-refractivity contribution in [3.63, 3.8) is 0 Å². The van der Waals surface area contributed by atoms with Crippen LogP contribution in [0.4, 0.5) is 0 Å². The number of hydrogen-bond donors (Lipinski definition) is 1. The second-order valence-corrected chi connectivity index (χ2v) is 10.8. The summed E-state index contributed by atoms with van der Waals surface area (Å²) in [7, 11) is 0. The number of carbonyl (C=O) groups is 3. The molecule has 0 aromatic rings. The quantitative estimate of drug-likeness (QED) is 0.547. The summed E-state index contributed by atoms with van der Waals surface area (Å²) in [5.41, 5.74) is -1.32. The largest absolute Gasteiger partial charge is 0.462 e. The lowest BCUT2D eigenvalue weighted by Gasteiger charge is -2.66. The maximum atomic E-state index is 13.7. The van der Waals surface area contributed by atoms with Crippen molar-refractivity contribution in [1.29, 1.82) is 0 Å². The first kappa shape index (κ1) is 21.5. The molecule has 1 spiro atoms. The zero-order valence-electron chi connectivity index (χ0n) is 18.7. The Labute approximate surface area is 178 Å². The monoisotopic (exact) mass is 418 g/mol. The zero-order valence-corrected chi connectivity index (χ0v) is 18.7. The zero-order chi connectivity index (χ0) is 22.2. The summed E-state index contributed by atoms with van der Waals surface area (Å²) < 4.78 is 11.6. The number of Topliss-reactive ketones (excluding diaryl/α,β-unsaturated/α-hetero) is 1. The first-order valence-corrected chi connectivity index (χ1v) is 11.1. The maximum absolute atomic E-state index is 13.7. The molecule has 8 atom stereocenters. The van der Waals surface area contributed by atoms with E-state index in [0.29, 0.717) is 24.8 Å². The van der Waals surface area contributed by atoms with Gasteiger partial charge in [0, 0.05) is 25.2 Å². The van der Waals surface area contributed by atoms with Gasteiger partial charge in [-0.2, -0.15) is 0 Å². The molecule has 0 radical (unpaired) electrons. The normalized spacial score (nSPS) is 46.6. The lowest BCUT2D eigenvalue weighted by molar-refractivity contribution is -0.258. The van der Waals surface area contributed by atoms with Gasteiger partial charge in [0.2, 0.25) is 0 Å². The third-order valence-corrected chi connectivity index (χ3v) is 9.11. The predicted molar refractivity (Wildman–Crippen MR) is 109 cm³/mol. The molecule has 0 aliphatic heterocycles. The van der Waals surface area contributed by atoms with E-state index in [9.17, 15) is 19.5 Å². The topological polar surface area (TPSA) is 89.9 Å². The molecule has 0 amide bonds. The predicted octanol–water partition coefficient (Wildman–Crippen LogP) is 3.21. The fourth-order valence-corrected chi connectivity index (χ4v) is 8.02. The number of fused-ring (bicyclic) bond motifs is 3. The van der Waals surface area contributed by atoms with E-state index in [1.807, 2.05) is 0 Å². The molecule has 1 N–H and O–H groups in total. The number of aliphatic hydroxyl groups is 1. The summed E-state index contributed by atoms with van der Waals surface area (Å²) in [6.07, 6.45) is 1.45. The Morgan fingerprint density at radius 2 is 1.67 bits per heavy atom. The Hall–Kier alpha value is -1.69. The van der Waals surface area contributed by atoms with Crippen LogP contribution in [0.2, 0.25) is 0 Å². The Morgan fingerprint density at radius 1 is 1.03 bits per heavy atom. The van der Waals surface area contributed by atoms with Crippen LogP contribution in [0.1, 0.15) is 66.7 Å². The number of ketones is 1. The minimum atomic E-state index is -1.21. The molecule has 6 nitrogen and oxygen atoms in total. The lowest BCUT2D eigenvalue weighted by Crippen LogP contribution is -2.70. The summed E-state index contributed by atoms with van der Waals surface area (Å²) in [5, 5.41) is 11.5. The van der Waals surface area contributed by atoms with Crippen LogP contribution < -0.4 is 0 Å². The third kappa shape index (κ3) is 2.55. The van der Waals surface area contributed by atoms with E-state index in [1.165, 1.54) is 13.8 Å². The Bertz CT molecular complexity index is 815. The van der Waals surface area contributed by atoms with Crippen LogP contribution in [0.25, 0.3) is 0 Å². The Kier molecular flexibility index (Phi) is 4.78. The molecule has 1 unspecified atom stereocenters. The summed E-state index contributed by atoms with van der Waals surface area (Å²) in [6, 6.07) is 0. The number of carbonyl (C=O) groups excluding carboxylic acids is 3. The third-order valence-electron chi connectivity index (χ3n) is 9.11. The van der Waals surface area contributed by atoms with Crippen LogP contribution in [0.3, 0.4) is 0 Å². The number of rotatable bonds is 2. The van der Waals surface area contributed by atoms with Crippen molar-refractivity contribution in [3.8, 4) is 0 Å². The van der Waals surface area contributed by atoms with E-state index in [1.54, 1.807) is 0 Å². The second kappa shape index (κ2) is 6.65. The number of ether oxygens (including phenoxy) is 2. The molecule has 4 fully saturated rings. The average Bonchev–Trinajstić information content (AvgIpc) is 2.75. The van der Waals surface area contributed by atoms with Gasteiger partial charge in [-0.3, -0.25) is 14.4 Å². The number of esters is 2. The van der Waals surface area contributed by atoms with Gasteiger partial charge in [0.05, 0.1) is 6.10 Å². The van der Waals surface area contributed by atoms with E-state index in [-0.39, 0.29) is 41.0 Å². The molecule has 166 valence electrons. The van der Waals surface area contributed by atoms with Crippen LogP contribution in [0.5, 0.6) is 0 Å². The van der Waals surface area contributed by atoms with Crippen molar-refractivity contribution >= 4 is 17.7 Å². The van der Waals surface area contributed by atoms with Crippen molar-refractivity contribution in [3.05, 3.63) is 12.2 Å². The molecule has 0 heterocycles. The van der Waals surface area contributed by atoms with Crippen molar-refractivity contribution in [1.82, 2.24) is 0 Å². The Balaban J connectivity index is 1.90. The van der Waals surface area contributed by atoms with Crippen LogP contribution in [0, 0.1) is 34.0 Å². The molecule has 30 heavy (non-hydrogen) atoms. The van der Waals surface area contributed by atoms with E-state index < -0.39 is 29.0 Å². The van der Waals surface area contributed by atoms with Gasteiger partial charge in [0.25, 0.3) is 0 Å². The van der Waals surface area contributed by atoms with Gasteiger partial charge >= 0.3 is 11.9 Å². The van der Waals surface area contributed by atoms with E-state index in [4.69, 9.17) is 9.47 Å². The first-order valence-electron chi connectivity index (χ1n) is 11.1. The van der Waals surface area contributed by atoms with Gasteiger partial charge in [0.1, 0.15) is 17.6 Å². The standard InChI is InChI=1S/C24H34O6/c1-12-15-7-8-16-23(6)17(22(4,5)10-9-19(23)29-13(2)25)11-18(27)24(16,20(12)28)21(15)30-14(3)26/h15-19,21,27H,1,7-11H2,2-6H3/t15-,16-,17+,18+,19+,21-,23-,24?/m0/s1. The highest BCUT2D eigenvalue weighted by Crippen LogP contribution is 2.71. The second-order valence-electron chi connectivity index (χ2n) is 10.8. The molecular formula is C24H34O6. The van der Waals surface area contributed by atoms with Crippen LogP contribution in [-0.2, 0) is 23.9 Å². The number of aliphatic hydroxyl groups excluding tert-OH is 1. The van der Waals surface area contributed by atoms with E-state index in [2.05, 4.69) is 27.4 Å². The van der Waals surface area contributed by atoms with Crippen molar-refractivity contribution in [2.24, 2.45) is 34.0 Å². The molecule has 0 aromatic heterocycles. The smallest absolute Gasteiger partial charge is 0.302 e. The molecular weight excluding hydrogens is 384 g/mol. The van der Waals surface area contributed by atoms with Crippen LogP contribution in [-0.4, -0.2) is 41.1 Å². The molecule has 0 saturated heterocycles. The highest BCUT2D eigenvalue weighted by Gasteiger charge is 2.76. The highest BCUT2D eigenvalue weighted by atomic mass is 16.5. The summed E-state index contributed by atoms with van der Waals surface area (Å²) in [5.74, 6) is -1.38. The molecule has 4 rings (SSSR count).